The van der Waals surface area contributed by atoms with Crippen LogP contribution in [0.1, 0.15) is 62.5 Å². The zero-order valence-electron chi connectivity index (χ0n) is 25.0. The first kappa shape index (κ1) is 31.6. The molecular weight excluding hydrogens is 559 g/mol. The topological polar surface area (TPSA) is 137 Å². The fraction of sp³-hybridized carbons (Fsp3) is 0.433. The average molecular weight is 597 g/mol. The maximum Gasteiger partial charge on any atom is 0.412 e. The van der Waals surface area contributed by atoms with Gasteiger partial charge in [0.2, 0.25) is 5.91 Å². The summed E-state index contributed by atoms with van der Waals surface area (Å²) in [6, 6.07) is 9.08. The Morgan fingerprint density at radius 3 is 2.58 bits per heavy atom. The molecule has 12 nitrogen and oxygen atoms in total. The first-order valence-electron chi connectivity index (χ1n) is 14.0. The van der Waals surface area contributed by atoms with Crippen molar-refractivity contribution in [3.05, 3.63) is 59.7 Å². The molecule has 4 rings (SSSR count). The molecule has 0 radical (unpaired) electrons. The van der Waals surface area contributed by atoms with Gasteiger partial charge in [0.25, 0.3) is 0 Å². The van der Waals surface area contributed by atoms with E-state index in [0.29, 0.717) is 18.0 Å². The van der Waals surface area contributed by atoms with Crippen molar-refractivity contribution in [3.63, 3.8) is 0 Å². The number of rotatable bonds is 10. The Balaban J connectivity index is 1.45. The van der Waals surface area contributed by atoms with Gasteiger partial charge in [-0.2, -0.15) is 0 Å². The summed E-state index contributed by atoms with van der Waals surface area (Å²) in [6.45, 7) is 6.00. The molecule has 13 heteroatoms. The Hall–Kier alpha value is -4.36. The van der Waals surface area contributed by atoms with Gasteiger partial charge in [-0.15, -0.1) is 5.10 Å². The Morgan fingerprint density at radius 1 is 1.12 bits per heavy atom. The van der Waals surface area contributed by atoms with Gasteiger partial charge in [-0.05, 0) is 58.2 Å². The summed E-state index contributed by atoms with van der Waals surface area (Å²) in [6.07, 6.45) is 2.86. The van der Waals surface area contributed by atoms with Crippen molar-refractivity contribution in [3.8, 4) is 5.69 Å². The van der Waals surface area contributed by atoms with Crippen LogP contribution in [0.5, 0.6) is 0 Å². The van der Waals surface area contributed by atoms with E-state index in [0.717, 1.165) is 25.3 Å². The molecule has 2 heterocycles. The van der Waals surface area contributed by atoms with Crippen LogP contribution in [0.4, 0.5) is 26.2 Å². The standard InChI is InChI=1S/C30H37FN6O6/c1-30(2,3)43-29(40)34-24-15-25(36(4)5)22(31)14-23(24)33-27(39)16-26(38)19-9-8-10-20(13-19)37-21(17-32-35-37)18-42-28-11-6-7-12-41-28/h8-10,13-15,17,28H,6-7,11-12,16,18H2,1-5H3,(H,33,39)(H,34,40). The SMILES string of the molecule is CN(C)c1cc(NC(=O)OC(C)(C)C)c(NC(=O)CC(=O)c2cccc(-n3nncc3COC3CCCCO3)c2)cc1F. The number of hydrogen-bond donors (Lipinski definition) is 2. The third-order valence-corrected chi connectivity index (χ3v) is 6.39. The molecule has 43 heavy (non-hydrogen) atoms. The number of aromatic nitrogens is 3. The molecule has 1 aromatic heterocycles. The molecule has 1 saturated heterocycles. The van der Waals surface area contributed by atoms with Crippen LogP contribution < -0.4 is 15.5 Å². The number of amides is 2. The molecule has 2 N–H and O–H groups in total. The Morgan fingerprint density at radius 2 is 1.88 bits per heavy atom. The van der Waals surface area contributed by atoms with Crippen molar-refractivity contribution >= 4 is 34.8 Å². The molecule has 2 aromatic carbocycles. The monoisotopic (exact) mass is 596 g/mol. The second-order valence-electron chi connectivity index (χ2n) is 11.3. The van der Waals surface area contributed by atoms with E-state index in [1.165, 1.54) is 11.0 Å². The molecule has 0 aliphatic carbocycles. The van der Waals surface area contributed by atoms with Gasteiger partial charge in [0.05, 0.1) is 47.7 Å². The summed E-state index contributed by atoms with van der Waals surface area (Å²) in [4.78, 5) is 40.0. The van der Waals surface area contributed by atoms with Crippen molar-refractivity contribution in [1.29, 1.82) is 0 Å². The highest BCUT2D eigenvalue weighted by molar-refractivity contribution is 6.12. The highest BCUT2D eigenvalue weighted by Crippen LogP contribution is 2.31. The second-order valence-corrected chi connectivity index (χ2v) is 11.3. The van der Waals surface area contributed by atoms with Crippen LogP contribution in [0.15, 0.2) is 42.6 Å². The summed E-state index contributed by atoms with van der Waals surface area (Å²) in [5.74, 6) is -1.79. The Bertz CT molecular complexity index is 1460. The van der Waals surface area contributed by atoms with E-state index >= 15 is 0 Å². The lowest BCUT2D eigenvalue weighted by atomic mass is 10.1. The van der Waals surface area contributed by atoms with Crippen LogP contribution in [-0.2, 0) is 25.6 Å². The molecule has 230 valence electrons. The smallest absolute Gasteiger partial charge is 0.412 e. The van der Waals surface area contributed by atoms with Crippen molar-refractivity contribution in [1.82, 2.24) is 15.0 Å². The van der Waals surface area contributed by atoms with E-state index in [1.807, 2.05) is 0 Å². The lowest BCUT2D eigenvalue weighted by molar-refractivity contribution is -0.169. The molecule has 1 unspecified atom stereocenters. The first-order valence-corrected chi connectivity index (χ1v) is 14.0. The Kier molecular flexibility index (Phi) is 10.1. The van der Waals surface area contributed by atoms with Gasteiger partial charge >= 0.3 is 6.09 Å². The average Bonchev–Trinajstić information content (AvgIpc) is 3.41. The predicted octanol–water partition coefficient (Wildman–Crippen LogP) is 5.07. The van der Waals surface area contributed by atoms with E-state index < -0.39 is 35.6 Å². The number of nitrogens with one attached hydrogen (secondary N) is 2. The van der Waals surface area contributed by atoms with Gasteiger partial charge in [-0.1, -0.05) is 17.3 Å². The van der Waals surface area contributed by atoms with Crippen LogP contribution in [0, 0.1) is 5.82 Å². The minimum Gasteiger partial charge on any atom is -0.444 e. The van der Waals surface area contributed by atoms with E-state index in [-0.39, 0.29) is 35.5 Å². The molecule has 1 aliphatic heterocycles. The molecule has 1 atom stereocenters. The minimum absolute atomic E-state index is 0.0188. The molecule has 2 amide bonds. The van der Waals surface area contributed by atoms with Gasteiger partial charge in [0.1, 0.15) is 11.4 Å². The van der Waals surface area contributed by atoms with Crippen LogP contribution in [0.2, 0.25) is 0 Å². The number of carbonyl (C=O) groups is 3. The van der Waals surface area contributed by atoms with Crippen LogP contribution in [0.25, 0.3) is 5.69 Å². The van der Waals surface area contributed by atoms with Crippen molar-refractivity contribution < 1.29 is 33.0 Å². The van der Waals surface area contributed by atoms with Crippen LogP contribution >= 0.6 is 0 Å². The number of halogens is 1. The number of carbonyl (C=O) groups excluding carboxylic acids is 3. The number of nitrogens with zero attached hydrogens (tertiary/aromatic N) is 4. The van der Waals surface area contributed by atoms with E-state index in [4.69, 9.17) is 14.2 Å². The number of Topliss-reactive ketones (excluding diaryl/α,β-unsaturated/α-hetero) is 1. The molecule has 3 aromatic rings. The predicted molar refractivity (Wildman–Crippen MR) is 158 cm³/mol. The second kappa shape index (κ2) is 13.7. The fourth-order valence-electron chi connectivity index (χ4n) is 4.37. The molecule has 1 fully saturated rings. The normalized spacial score (nSPS) is 15.1. The summed E-state index contributed by atoms with van der Waals surface area (Å²) in [5, 5.41) is 13.2. The van der Waals surface area contributed by atoms with Crippen LogP contribution in [0.3, 0.4) is 0 Å². The van der Waals surface area contributed by atoms with Crippen molar-refractivity contribution in [2.24, 2.45) is 0 Å². The van der Waals surface area contributed by atoms with E-state index in [2.05, 4.69) is 20.9 Å². The molecule has 0 bridgehead atoms. The molecular formula is C30H37FN6O6. The zero-order valence-corrected chi connectivity index (χ0v) is 25.0. The maximum atomic E-state index is 14.8. The van der Waals surface area contributed by atoms with E-state index in [1.54, 1.807) is 70.0 Å². The number of benzene rings is 2. The lowest BCUT2D eigenvalue weighted by Gasteiger charge is -2.22. The highest BCUT2D eigenvalue weighted by Gasteiger charge is 2.22. The summed E-state index contributed by atoms with van der Waals surface area (Å²) in [7, 11) is 3.28. The largest absolute Gasteiger partial charge is 0.444 e. The Labute approximate surface area is 249 Å². The summed E-state index contributed by atoms with van der Waals surface area (Å²) >= 11 is 0. The van der Waals surface area contributed by atoms with E-state index in [9.17, 15) is 18.8 Å². The van der Waals surface area contributed by atoms with Gasteiger partial charge in [-0.3, -0.25) is 14.9 Å². The lowest BCUT2D eigenvalue weighted by Crippen LogP contribution is -2.28. The van der Waals surface area contributed by atoms with Gasteiger partial charge < -0.3 is 24.4 Å². The van der Waals surface area contributed by atoms with Crippen molar-refractivity contribution in [2.45, 2.75) is 65.0 Å². The minimum atomic E-state index is -0.781. The fourth-order valence-corrected chi connectivity index (χ4v) is 4.37. The van der Waals surface area contributed by atoms with Gasteiger partial charge in [-0.25, -0.2) is 13.9 Å². The number of ether oxygens (including phenoxy) is 3. The third-order valence-electron chi connectivity index (χ3n) is 6.39. The number of ketones is 1. The zero-order chi connectivity index (χ0) is 31.1. The molecule has 1 aliphatic rings. The summed E-state index contributed by atoms with van der Waals surface area (Å²) in [5.41, 5.74) is 1.01. The van der Waals surface area contributed by atoms with Crippen molar-refractivity contribution in [2.75, 3.05) is 36.2 Å². The quantitative estimate of drug-likeness (QED) is 0.243. The number of anilines is 3. The van der Waals surface area contributed by atoms with Crippen LogP contribution in [-0.4, -0.2) is 65.4 Å². The maximum absolute atomic E-state index is 14.8. The summed E-state index contributed by atoms with van der Waals surface area (Å²) < 4.78 is 33.1. The third kappa shape index (κ3) is 8.82. The molecule has 0 saturated carbocycles. The number of hydrogen-bond acceptors (Lipinski definition) is 9. The first-order chi connectivity index (χ1) is 20.4. The molecule has 0 spiro atoms. The highest BCUT2D eigenvalue weighted by atomic mass is 19.1. The van der Waals surface area contributed by atoms with Gasteiger partial charge in [0.15, 0.2) is 12.1 Å². The van der Waals surface area contributed by atoms with Gasteiger partial charge in [0, 0.05) is 32.3 Å².